The van der Waals surface area contributed by atoms with Crippen molar-refractivity contribution in [3.8, 4) is 0 Å². The van der Waals surface area contributed by atoms with Crippen LogP contribution in [0.4, 0.5) is 5.69 Å². The zero-order valence-electron chi connectivity index (χ0n) is 11.0. The average molecular weight is 266 g/mol. The maximum atomic E-state index is 5.96. The number of thioether (sulfide) groups is 1. The lowest BCUT2D eigenvalue weighted by atomic mass is 10.1. The molecule has 18 heavy (non-hydrogen) atoms. The summed E-state index contributed by atoms with van der Waals surface area (Å²) in [5.74, 6) is 1.08. The molecule has 0 unspecified atom stereocenters. The van der Waals surface area contributed by atoms with Gasteiger partial charge in [-0.3, -0.25) is 0 Å². The first-order valence-corrected chi connectivity index (χ1v) is 7.62. The molecule has 2 N–H and O–H groups in total. The summed E-state index contributed by atoms with van der Waals surface area (Å²) in [7, 11) is 0. The van der Waals surface area contributed by atoms with Gasteiger partial charge in [0.15, 0.2) is 0 Å². The van der Waals surface area contributed by atoms with Crippen molar-refractivity contribution in [2.75, 3.05) is 37.0 Å². The fraction of sp³-hybridized carbons (Fsp3) is 0.571. The Morgan fingerprint density at radius 2 is 2.22 bits per heavy atom. The van der Waals surface area contributed by atoms with Crippen molar-refractivity contribution in [2.24, 2.45) is 5.73 Å². The van der Waals surface area contributed by atoms with Crippen LogP contribution in [0.25, 0.3) is 0 Å². The lowest BCUT2D eigenvalue weighted by Gasteiger charge is -2.25. The SMILES string of the molecule is CCSc1cccc(N2CCCOCC2)c1CN. The van der Waals surface area contributed by atoms with Gasteiger partial charge in [-0.2, -0.15) is 0 Å². The van der Waals surface area contributed by atoms with Crippen molar-refractivity contribution in [3.63, 3.8) is 0 Å². The molecule has 0 amide bonds. The molecule has 0 saturated carbocycles. The second-order valence-corrected chi connectivity index (χ2v) is 5.65. The standard InChI is InChI=1S/C14H22N2OS/c1-2-18-14-6-3-5-13(12(14)11-15)16-7-4-9-17-10-8-16/h3,5-6H,2,4,7-11,15H2,1H3. The third-order valence-electron chi connectivity index (χ3n) is 3.18. The number of nitrogens with two attached hydrogens (primary N) is 1. The first kappa shape index (κ1) is 13.7. The van der Waals surface area contributed by atoms with E-state index in [1.807, 2.05) is 11.8 Å². The molecule has 3 nitrogen and oxygen atoms in total. The molecule has 1 saturated heterocycles. The Balaban J connectivity index is 2.27. The Labute approximate surface area is 114 Å². The Kier molecular flexibility index (Phi) is 5.35. The Bertz CT molecular complexity index is 376. The molecule has 0 atom stereocenters. The number of rotatable bonds is 4. The van der Waals surface area contributed by atoms with E-state index in [4.69, 9.17) is 10.5 Å². The van der Waals surface area contributed by atoms with Crippen molar-refractivity contribution in [1.29, 1.82) is 0 Å². The second kappa shape index (κ2) is 7.02. The quantitative estimate of drug-likeness (QED) is 0.850. The van der Waals surface area contributed by atoms with Gasteiger partial charge in [-0.15, -0.1) is 11.8 Å². The summed E-state index contributed by atoms with van der Waals surface area (Å²) in [6.07, 6.45) is 1.09. The lowest BCUT2D eigenvalue weighted by Crippen LogP contribution is -2.27. The average Bonchev–Trinajstić information content (AvgIpc) is 2.67. The van der Waals surface area contributed by atoms with Crippen LogP contribution in [0, 0.1) is 0 Å². The summed E-state index contributed by atoms with van der Waals surface area (Å²) in [6, 6.07) is 6.50. The zero-order chi connectivity index (χ0) is 12.8. The second-order valence-electron chi connectivity index (χ2n) is 4.34. The molecular formula is C14H22N2OS. The third-order valence-corrected chi connectivity index (χ3v) is 4.16. The van der Waals surface area contributed by atoms with Crippen LogP contribution >= 0.6 is 11.8 Å². The summed E-state index contributed by atoms with van der Waals surface area (Å²) in [4.78, 5) is 3.73. The molecule has 1 aliphatic heterocycles. The normalized spacial score (nSPS) is 16.7. The Morgan fingerprint density at radius 3 is 3.00 bits per heavy atom. The maximum Gasteiger partial charge on any atom is 0.0641 e. The topological polar surface area (TPSA) is 38.5 Å². The summed E-state index contributed by atoms with van der Waals surface area (Å²) in [6.45, 7) is 6.50. The monoisotopic (exact) mass is 266 g/mol. The van der Waals surface area contributed by atoms with Crippen molar-refractivity contribution >= 4 is 17.4 Å². The zero-order valence-corrected chi connectivity index (χ0v) is 11.8. The summed E-state index contributed by atoms with van der Waals surface area (Å²) in [5, 5.41) is 0. The largest absolute Gasteiger partial charge is 0.380 e. The van der Waals surface area contributed by atoms with Gasteiger partial charge in [0.2, 0.25) is 0 Å². The highest BCUT2D eigenvalue weighted by Crippen LogP contribution is 2.30. The van der Waals surface area contributed by atoms with Crippen LogP contribution in [-0.4, -0.2) is 32.1 Å². The van der Waals surface area contributed by atoms with Gasteiger partial charge in [0.25, 0.3) is 0 Å². The van der Waals surface area contributed by atoms with E-state index in [0.717, 1.165) is 38.5 Å². The van der Waals surface area contributed by atoms with Crippen LogP contribution in [0.2, 0.25) is 0 Å². The number of ether oxygens (including phenoxy) is 1. The number of benzene rings is 1. The Hall–Kier alpha value is -0.710. The molecule has 0 aliphatic carbocycles. The van der Waals surface area contributed by atoms with Crippen LogP contribution in [0.1, 0.15) is 18.9 Å². The van der Waals surface area contributed by atoms with E-state index in [0.29, 0.717) is 6.54 Å². The van der Waals surface area contributed by atoms with Crippen molar-refractivity contribution in [2.45, 2.75) is 24.8 Å². The van der Waals surface area contributed by atoms with Crippen LogP contribution < -0.4 is 10.6 Å². The minimum atomic E-state index is 0.607. The smallest absolute Gasteiger partial charge is 0.0641 e. The molecule has 1 fully saturated rings. The highest BCUT2D eigenvalue weighted by molar-refractivity contribution is 7.99. The van der Waals surface area contributed by atoms with Gasteiger partial charge >= 0.3 is 0 Å². The third kappa shape index (κ3) is 3.19. The fourth-order valence-corrected chi connectivity index (χ4v) is 3.18. The molecule has 0 aromatic heterocycles. The van der Waals surface area contributed by atoms with E-state index >= 15 is 0 Å². The van der Waals surface area contributed by atoms with E-state index in [-0.39, 0.29) is 0 Å². The van der Waals surface area contributed by atoms with Gasteiger partial charge in [0.1, 0.15) is 0 Å². The van der Waals surface area contributed by atoms with Crippen LogP contribution in [0.15, 0.2) is 23.1 Å². The van der Waals surface area contributed by atoms with Crippen LogP contribution in [0.3, 0.4) is 0 Å². The predicted molar refractivity (Wildman–Crippen MR) is 78.4 cm³/mol. The fourth-order valence-electron chi connectivity index (χ4n) is 2.33. The molecule has 0 radical (unpaired) electrons. The van der Waals surface area contributed by atoms with Crippen LogP contribution in [-0.2, 0) is 11.3 Å². The maximum absolute atomic E-state index is 5.96. The molecular weight excluding hydrogens is 244 g/mol. The van der Waals surface area contributed by atoms with Gasteiger partial charge in [-0.25, -0.2) is 0 Å². The summed E-state index contributed by atoms with van der Waals surface area (Å²) < 4.78 is 5.52. The molecule has 0 bridgehead atoms. The van der Waals surface area contributed by atoms with E-state index in [1.54, 1.807) is 0 Å². The highest BCUT2D eigenvalue weighted by Gasteiger charge is 2.15. The number of hydrogen-bond donors (Lipinski definition) is 1. The lowest BCUT2D eigenvalue weighted by molar-refractivity contribution is 0.152. The Morgan fingerprint density at radius 1 is 1.33 bits per heavy atom. The van der Waals surface area contributed by atoms with Crippen molar-refractivity contribution in [3.05, 3.63) is 23.8 Å². The van der Waals surface area contributed by atoms with Gasteiger partial charge in [0, 0.05) is 42.4 Å². The predicted octanol–water partition coefficient (Wildman–Crippen LogP) is 2.48. The first-order chi connectivity index (χ1) is 8.86. The molecule has 0 spiro atoms. The summed E-state index contributed by atoms with van der Waals surface area (Å²) in [5.41, 5.74) is 8.53. The first-order valence-electron chi connectivity index (χ1n) is 6.64. The minimum Gasteiger partial charge on any atom is -0.380 e. The molecule has 1 aromatic carbocycles. The molecule has 1 aliphatic rings. The number of anilines is 1. The van der Waals surface area contributed by atoms with Crippen molar-refractivity contribution in [1.82, 2.24) is 0 Å². The van der Waals surface area contributed by atoms with E-state index in [1.165, 1.54) is 16.1 Å². The minimum absolute atomic E-state index is 0.607. The van der Waals surface area contributed by atoms with Crippen molar-refractivity contribution < 1.29 is 4.74 Å². The number of hydrogen-bond acceptors (Lipinski definition) is 4. The number of nitrogens with zero attached hydrogens (tertiary/aromatic N) is 1. The van der Waals surface area contributed by atoms with E-state index in [9.17, 15) is 0 Å². The van der Waals surface area contributed by atoms with Gasteiger partial charge in [-0.05, 0) is 24.3 Å². The van der Waals surface area contributed by atoms with Gasteiger partial charge < -0.3 is 15.4 Å². The van der Waals surface area contributed by atoms with E-state index < -0.39 is 0 Å². The molecule has 100 valence electrons. The molecule has 1 heterocycles. The molecule has 1 aromatic rings. The van der Waals surface area contributed by atoms with E-state index in [2.05, 4.69) is 30.0 Å². The molecule has 4 heteroatoms. The van der Waals surface area contributed by atoms with Crippen LogP contribution in [0.5, 0.6) is 0 Å². The molecule has 2 rings (SSSR count). The van der Waals surface area contributed by atoms with Gasteiger partial charge in [0.05, 0.1) is 6.61 Å². The highest BCUT2D eigenvalue weighted by atomic mass is 32.2. The van der Waals surface area contributed by atoms with Gasteiger partial charge in [-0.1, -0.05) is 13.0 Å². The summed E-state index contributed by atoms with van der Waals surface area (Å²) >= 11 is 1.87.